The van der Waals surface area contributed by atoms with Gasteiger partial charge in [-0.3, -0.25) is 9.59 Å². The van der Waals surface area contributed by atoms with Crippen molar-refractivity contribution in [3.05, 3.63) is 65.7 Å². The van der Waals surface area contributed by atoms with E-state index in [4.69, 9.17) is 14.6 Å². The van der Waals surface area contributed by atoms with Crippen LogP contribution in [-0.4, -0.2) is 42.1 Å². The third-order valence-electron chi connectivity index (χ3n) is 3.74. The zero-order valence-electron chi connectivity index (χ0n) is 15.7. The number of ether oxygens (including phenoxy) is 2. The van der Waals surface area contributed by atoms with Crippen molar-refractivity contribution in [1.29, 1.82) is 0 Å². The van der Waals surface area contributed by atoms with E-state index in [0.29, 0.717) is 23.3 Å². The summed E-state index contributed by atoms with van der Waals surface area (Å²) in [5.41, 5.74) is 1.26. The Bertz CT molecular complexity index is 992. The van der Waals surface area contributed by atoms with Gasteiger partial charge in [-0.15, -0.1) is 0 Å². The molecule has 8 heteroatoms. The topological polar surface area (TPSA) is 122 Å². The minimum atomic E-state index is -1.68. The summed E-state index contributed by atoms with van der Waals surface area (Å²) in [4.78, 5) is 33.9. The van der Waals surface area contributed by atoms with Crippen LogP contribution in [0.2, 0.25) is 0 Å². The van der Waals surface area contributed by atoms with Gasteiger partial charge in [-0.2, -0.15) is 0 Å². The number of anilines is 1. The molecule has 0 aromatic heterocycles. The fraction of sp³-hybridized carbons (Fsp3) is 0.0952. The Hall–Kier alpha value is -4.07. The van der Waals surface area contributed by atoms with Crippen molar-refractivity contribution >= 4 is 35.2 Å². The van der Waals surface area contributed by atoms with Gasteiger partial charge in [-0.05, 0) is 35.9 Å². The molecule has 2 rings (SSSR count). The maximum atomic E-state index is 12.1. The summed E-state index contributed by atoms with van der Waals surface area (Å²) < 4.78 is 10.4. The Labute approximate surface area is 166 Å². The molecule has 0 saturated heterocycles. The number of aliphatic hydroxyl groups excluding tert-OH is 1. The van der Waals surface area contributed by atoms with Crippen molar-refractivity contribution in [2.24, 2.45) is 0 Å². The van der Waals surface area contributed by atoms with Crippen LogP contribution in [0.25, 0.3) is 11.8 Å². The van der Waals surface area contributed by atoms with E-state index in [1.807, 2.05) is 0 Å². The monoisotopic (exact) mass is 397 g/mol. The van der Waals surface area contributed by atoms with Gasteiger partial charge in [0.25, 0.3) is 5.78 Å². The molecule has 150 valence electrons. The normalized spacial score (nSPS) is 11.2. The fourth-order valence-corrected chi connectivity index (χ4v) is 2.34. The molecule has 0 spiro atoms. The molecule has 0 aliphatic carbocycles. The highest BCUT2D eigenvalue weighted by Crippen LogP contribution is 2.28. The van der Waals surface area contributed by atoms with Gasteiger partial charge in [-0.1, -0.05) is 18.2 Å². The van der Waals surface area contributed by atoms with E-state index in [9.17, 15) is 19.5 Å². The van der Waals surface area contributed by atoms with Gasteiger partial charge in [0.15, 0.2) is 11.5 Å². The van der Waals surface area contributed by atoms with Crippen LogP contribution in [0.3, 0.4) is 0 Å². The third kappa shape index (κ3) is 5.96. The second-order valence-electron chi connectivity index (χ2n) is 5.72. The van der Waals surface area contributed by atoms with Gasteiger partial charge in [0.05, 0.1) is 14.2 Å². The Balaban J connectivity index is 2.10. The number of aliphatic carboxylic acids is 1. The summed E-state index contributed by atoms with van der Waals surface area (Å²) in [6.07, 6.45) is 3.50. The average Bonchev–Trinajstić information content (AvgIpc) is 2.71. The number of carbonyl (C=O) groups is 3. The zero-order chi connectivity index (χ0) is 21.4. The van der Waals surface area contributed by atoms with E-state index >= 15 is 0 Å². The van der Waals surface area contributed by atoms with E-state index in [1.54, 1.807) is 30.3 Å². The maximum Gasteiger partial charge on any atom is 0.376 e. The predicted molar refractivity (Wildman–Crippen MR) is 107 cm³/mol. The minimum Gasteiger partial charge on any atom is -0.507 e. The number of hydrogen-bond acceptors (Lipinski definition) is 6. The molecule has 0 radical (unpaired) electrons. The first-order valence-corrected chi connectivity index (χ1v) is 8.33. The third-order valence-corrected chi connectivity index (χ3v) is 3.74. The molecule has 0 aliphatic rings. The van der Waals surface area contributed by atoms with Crippen molar-refractivity contribution < 1.29 is 34.1 Å². The van der Waals surface area contributed by atoms with E-state index in [0.717, 1.165) is 5.56 Å². The van der Waals surface area contributed by atoms with Crippen LogP contribution >= 0.6 is 0 Å². The summed E-state index contributed by atoms with van der Waals surface area (Å²) in [6.45, 7) is 0. The molecule has 1 amide bonds. The van der Waals surface area contributed by atoms with Gasteiger partial charge in [0, 0.05) is 23.4 Å². The molecule has 0 aliphatic heterocycles. The van der Waals surface area contributed by atoms with Crippen molar-refractivity contribution in [3.63, 3.8) is 0 Å². The highest BCUT2D eigenvalue weighted by atomic mass is 16.5. The van der Waals surface area contributed by atoms with Crippen LogP contribution in [0, 0.1) is 0 Å². The molecule has 2 aromatic carbocycles. The molecule has 0 atom stereocenters. The van der Waals surface area contributed by atoms with Crippen molar-refractivity contribution in [3.8, 4) is 11.5 Å². The summed E-state index contributed by atoms with van der Waals surface area (Å²) in [5.74, 6) is -2.78. The Morgan fingerprint density at radius 3 is 2.34 bits per heavy atom. The average molecular weight is 397 g/mol. The molecule has 0 heterocycles. The lowest BCUT2D eigenvalue weighted by molar-refractivity contribution is -0.146. The number of carboxylic acids is 1. The largest absolute Gasteiger partial charge is 0.507 e. The minimum absolute atomic E-state index is 0.182. The predicted octanol–water partition coefficient (Wildman–Crippen LogP) is 2.91. The Kier molecular flexibility index (Phi) is 7.14. The van der Waals surface area contributed by atoms with Crippen LogP contribution in [0.5, 0.6) is 11.5 Å². The molecule has 0 unspecified atom stereocenters. The highest BCUT2D eigenvalue weighted by Gasteiger charge is 2.11. The summed E-state index contributed by atoms with van der Waals surface area (Å²) in [7, 11) is 3.04. The first kappa shape index (κ1) is 21.2. The summed E-state index contributed by atoms with van der Waals surface area (Å²) >= 11 is 0. The van der Waals surface area contributed by atoms with E-state index in [2.05, 4.69) is 5.32 Å². The number of hydrogen-bond donors (Lipinski definition) is 3. The molecule has 29 heavy (non-hydrogen) atoms. The highest BCUT2D eigenvalue weighted by molar-refractivity contribution is 6.38. The Morgan fingerprint density at radius 1 is 0.966 bits per heavy atom. The van der Waals surface area contributed by atoms with Crippen LogP contribution in [-0.2, 0) is 14.4 Å². The van der Waals surface area contributed by atoms with Crippen molar-refractivity contribution in [2.75, 3.05) is 19.5 Å². The van der Waals surface area contributed by atoms with Crippen LogP contribution < -0.4 is 14.8 Å². The van der Waals surface area contributed by atoms with Gasteiger partial charge in [0.2, 0.25) is 5.91 Å². The van der Waals surface area contributed by atoms with Gasteiger partial charge in [0.1, 0.15) is 5.76 Å². The van der Waals surface area contributed by atoms with Crippen LogP contribution in [0.1, 0.15) is 11.1 Å². The lowest BCUT2D eigenvalue weighted by Gasteiger charge is -2.08. The van der Waals surface area contributed by atoms with Gasteiger partial charge >= 0.3 is 5.97 Å². The van der Waals surface area contributed by atoms with Crippen LogP contribution in [0.4, 0.5) is 5.69 Å². The van der Waals surface area contributed by atoms with E-state index < -0.39 is 23.4 Å². The quantitative estimate of drug-likeness (QED) is 0.356. The smallest absolute Gasteiger partial charge is 0.376 e. The van der Waals surface area contributed by atoms with Gasteiger partial charge < -0.3 is 25.0 Å². The Morgan fingerprint density at radius 2 is 1.69 bits per heavy atom. The lowest BCUT2D eigenvalue weighted by atomic mass is 10.1. The summed E-state index contributed by atoms with van der Waals surface area (Å²) in [5, 5.41) is 21.1. The second kappa shape index (κ2) is 9.75. The molecular weight excluding hydrogens is 378 g/mol. The number of methoxy groups -OCH3 is 2. The number of ketones is 1. The van der Waals surface area contributed by atoms with Crippen LogP contribution in [0.15, 0.2) is 54.6 Å². The number of nitrogens with one attached hydrogen (secondary N) is 1. The first-order chi connectivity index (χ1) is 13.8. The number of benzene rings is 2. The molecule has 8 nitrogen and oxygen atoms in total. The molecule has 0 fully saturated rings. The lowest BCUT2D eigenvalue weighted by Crippen LogP contribution is -2.10. The molecular formula is C21H19NO7. The number of aliphatic hydroxyl groups is 1. The molecule has 0 bridgehead atoms. The van der Waals surface area contributed by atoms with Gasteiger partial charge in [-0.25, -0.2) is 4.79 Å². The summed E-state index contributed by atoms with van der Waals surface area (Å²) in [6, 6.07) is 11.2. The van der Waals surface area contributed by atoms with E-state index in [1.165, 1.54) is 38.5 Å². The standard InChI is InChI=1S/C21H19NO7/c1-28-18-8-6-13(10-19(18)29-2)7-9-20(25)22-15-5-3-4-14(11-15)16(23)12-17(24)21(26)27/h3-12,23H,1-2H3,(H,22,25)(H,26,27)/b9-7+,16-12-. The van der Waals surface area contributed by atoms with Crippen molar-refractivity contribution in [1.82, 2.24) is 0 Å². The fourth-order valence-electron chi connectivity index (χ4n) is 2.34. The number of rotatable bonds is 8. The maximum absolute atomic E-state index is 12.1. The molecule has 2 aromatic rings. The molecule has 3 N–H and O–H groups in total. The zero-order valence-corrected chi connectivity index (χ0v) is 15.7. The first-order valence-electron chi connectivity index (χ1n) is 8.33. The number of carboxylic acid groups (broad SMARTS) is 1. The number of amides is 1. The van der Waals surface area contributed by atoms with E-state index in [-0.39, 0.29) is 5.56 Å². The SMILES string of the molecule is COc1ccc(/C=C/C(=O)Nc2cccc(/C(O)=C/C(=O)C(=O)O)c2)cc1OC. The second-order valence-corrected chi connectivity index (χ2v) is 5.72. The molecule has 0 saturated carbocycles. The van der Waals surface area contributed by atoms with Crippen molar-refractivity contribution in [2.45, 2.75) is 0 Å². The number of carbonyl (C=O) groups excluding carboxylic acids is 2.